The molecule has 0 bridgehead atoms. The molecule has 2 aromatic carbocycles. The molecule has 0 fully saturated rings. The number of hydrogen-bond donors (Lipinski definition) is 2. The molecule has 0 aliphatic carbocycles. The topological polar surface area (TPSA) is 61.4 Å². The summed E-state index contributed by atoms with van der Waals surface area (Å²) in [7, 11) is 0. The summed E-state index contributed by atoms with van der Waals surface area (Å²) >= 11 is 0. The average molecular weight is 357 g/mol. The van der Waals surface area contributed by atoms with Crippen LogP contribution in [0, 0.1) is 11.6 Å². The maximum absolute atomic E-state index is 13.4. The van der Waals surface area contributed by atoms with Crippen molar-refractivity contribution in [1.29, 1.82) is 0 Å². The number of anilines is 1. The zero-order valence-corrected chi connectivity index (χ0v) is 13.9. The van der Waals surface area contributed by atoms with Gasteiger partial charge in [0, 0.05) is 18.8 Å². The number of amides is 3. The minimum Gasteiger partial charge on any atom is -0.326 e. The van der Waals surface area contributed by atoms with Gasteiger partial charge in [0.25, 0.3) is 0 Å². The molecule has 5 nitrogen and oxygen atoms in total. The summed E-state index contributed by atoms with van der Waals surface area (Å²) < 4.78 is 26.7. The maximum Gasteiger partial charge on any atom is 0.318 e. The highest BCUT2D eigenvalue weighted by molar-refractivity contribution is 5.98. The normalized spacial score (nSPS) is 18.6. The number of rotatable bonds is 1. The molecule has 0 saturated heterocycles. The minimum absolute atomic E-state index is 0.187. The molecule has 26 heavy (non-hydrogen) atoms. The third-order valence-corrected chi connectivity index (χ3v) is 4.84. The quantitative estimate of drug-likeness (QED) is 0.824. The van der Waals surface area contributed by atoms with Crippen LogP contribution in [0.3, 0.4) is 0 Å². The number of carbonyl (C=O) groups is 2. The van der Waals surface area contributed by atoms with E-state index in [2.05, 4.69) is 10.6 Å². The fraction of sp³-hybridized carbons (Fsp3) is 0.263. The molecule has 1 unspecified atom stereocenters. The van der Waals surface area contributed by atoms with Gasteiger partial charge < -0.3 is 15.5 Å². The first-order valence-electron chi connectivity index (χ1n) is 8.42. The van der Waals surface area contributed by atoms with E-state index in [-0.39, 0.29) is 19.0 Å². The average Bonchev–Trinajstić information content (AvgIpc) is 2.95. The van der Waals surface area contributed by atoms with Crippen molar-refractivity contribution in [3.63, 3.8) is 0 Å². The fourth-order valence-electron chi connectivity index (χ4n) is 3.42. The van der Waals surface area contributed by atoms with Crippen molar-refractivity contribution in [2.75, 3.05) is 5.32 Å². The summed E-state index contributed by atoms with van der Waals surface area (Å²) in [6.45, 7) is 0.375. The number of aryl methyl sites for hydroxylation is 1. The van der Waals surface area contributed by atoms with Crippen molar-refractivity contribution in [2.24, 2.45) is 0 Å². The lowest BCUT2D eigenvalue weighted by Crippen LogP contribution is -2.47. The molecule has 0 spiro atoms. The summed E-state index contributed by atoms with van der Waals surface area (Å²) in [6, 6.07) is 8.68. The molecular formula is C19H17F2N3O2. The van der Waals surface area contributed by atoms with Crippen LogP contribution in [0.4, 0.5) is 19.3 Å². The SMILES string of the molecule is O=C1Nc2ccccc2CCC1NC(=O)N1Cc2cc(F)c(F)cc2C1. The summed E-state index contributed by atoms with van der Waals surface area (Å²) in [4.78, 5) is 26.4. The zero-order chi connectivity index (χ0) is 18.3. The van der Waals surface area contributed by atoms with E-state index in [4.69, 9.17) is 0 Å². The first-order chi connectivity index (χ1) is 12.5. The molecule has 2 aliphatic heterocycles. The lowest BCUT2D eigenvalue weighted by Gasteiger charge is -2.21. The Labute approximate surface area is 149 Å². The molecule has 2 N–H and O–H groups in total. The third kappa shape index (κ3) is 3.00. The van der Waals surface area contributed by atoms with E-state index in [1.54, 1.807) is 0 Å². The summed E-state index contributed by atoms with van der Waals surface area (Å²) in [5.74, 6) is -2.11. The number of hydrogen-bond acceptors (Lipinski definition) is 2. The van der Waals surface area contributed by atoms with Gasteiger partial charge >= 0.3 is 6.03 Å². The Morgan fingerprint density at radius 2 is 1.73 bits per heavy atom. The van der Waals surface area contributed by atoms with Gasteiger partial charge in [0.2, 0.25) is 5.91 Å². The molecule has 2 aliphatic rings. The minimum atomic E-state index is -0.924. The number of carbonyl (C=O) groups excluding carboxylic acids is 2. The molecule has 1 atom stereocenters. The summed E-state index contributed by atoms with van der Waals surface area (Å²) in [6.07, 6.45) is 1.15. The van der Waals surface area contributed by atoms with E-state index in [1.807, 2.05) is 24.3 Å². The van der Waals surface area contributed by atoms with Crippen LogP contribution in [-0.4, -0.2) is 22.9 Å². The standard InChI is InChI=1S/C19H17F2N3O2/c20-14-7-12-9-24(10-13(12)8-15(14)21)19(26)23-17-6-5-11-3-1-2-4-16(11)22-18(17)25/h1-4,7-8,17H,5-6,9-10H2,(H,22,25)(H,23,26). The van der Waals surface area contributed by atoms with Gasteiger partial charge in [-0.2, -0.15) is 0 Å². The van der Waals surface area contributed by atoms with E-state index in [0.29, 0.717) is 24.0 Å². The Balaban J connectivity index is 1.44. The Hall–Kier alpha value is -2.96. The molecule has 0 radical (unpaired) electrons. The Morgan fingerprint density at radius 3 is 2.42 bits per heavy atom. The van der Waals surface area contributed by atoms with Gasteiger partial charge in [0.05, 0.1) is 0 Å². The first-order valence-corrected chi connectivity index (χ1v) is 8.42. The Kier molecular flexibility index (Phi) is 4.06. The predicted octanol–water partition coefficient (Wildman–Crippen LogP) is 2.94. The summed E-state index contributed by atoms with van der Waals surface area (Å²) in [5, 5.41) is 5.57. The van der Waals surface area contributed by atoms with E-state index in [9.17, 15) is 18.4 Å². The van der Waals surface area contributed by atoms with Gasteiger partial charge in [0.1, 0.15) is 6.04 Å². The van der Waals surface area contributed by atoms with Crippen LogP contribution in [0.25, 0.3) is 0 Å². The Morgan fingerprint density at radius 1 is 1.08 bits per heavy atom. The van der Waals surface area contributed by atoms with Crippen LogP contribution in [0.15, 0.2) is 36.4 Å². The molecule has 3 amide bonds. The van der Waals surface area contributed by atoms with Crippen LogP contribution in [0.2, 0.25) is 0 Å². The van der Waals surface area contributed by atoms with Crippen LogP contribution in [-0.2, 0) is 24.3 Å². The molecule has 7 heteroatoms. The van der Waals surface area contributed by atoms with Crippen molar-refractivity contribution >= 4 is 17.6 Å². The van der Waals surface area contributed by atoms with E-state index in [0.717, 1.165) is 23.4 Å². The number of para-hydroxylation sites is 1. The monoisotopic (exact) mass is 357 g/mol. The molecule has 134 valence electrons. The number of urea groups is 1. The summed E-state index contributed by atoms with van der Waals surface area (Å²) in [5.41, 5.74) is 2.94. The molecule has 0 aromatic heterocycles. The number of benzene rings is 2. The third-order valence-electron chi connectivity index (χ3n) is 4.84. The number of halogens is 2. The first kappa shape index (κ1) is 16.5. The number of fused-ring (bicyclic) bond motifs is 2. The molecule has 2 aromatic rings. The lowest BCUT2D eigenvalue weighted by atomic mass is 10.1. The van der Waals surface area contributed by atoms with Crippen LogP contribution < -0.4 is 10.6 Å². The highest BCUT2D eigenvalue weighted by atomic mass is 19.2. The number of nitrogens with zero attached hydrogens (tertiary/aromatic N) is 1. The van der Waals surface area contributed by atoms with Gasteiger partial charge in [-0.15, -0.1) is 0 Å². The van der Waals surface area contributed by atoms with Gasteiger partial charge in [-0.1, -0.05) is 18.2 Å². The number of nitrogens with one attached hydrogen (secondary N) is 2. The largest absolute Gasteiger partial charge is 0.326 e. The van der Waals surface area contributed by atoms with Crippen molar-refractivity contribution in [2.45, 2.75) is 32.0 Å². The molecule has 2 heterocycles. The van der Waals surface area contributed by atoms with Crippen molar-refractivity contribution in [3.8, 4) is 0 Å². The van der Waals surface area contributed by atoms with Gasteiger partial charge in [-0.05, 0) is 47.7 Å². The molecule has 4 rings (SSSR count). The second-order valence-corrected chi connectivity index (χ2v) is 6.58. The van der Waals surface area contributed by atoms with E-state index in [1.165, 1.54) is 4.90 Å². The smallest absolute Gasteiger partial charge is 0.318 e. The van der Waals surface area contributed by atoms with Crippen LogP contribution in [0.1, 0.15) is 23.1 Å². The predicted molar refractivity (Wildman–Crippen MR) is 91.3 cm³/mol. The van der Waals surface area contributed by atoms with Crippen molar-refractivity contribution in [1.82, 2.24) is 10.2 Å². The van der Waals surface area contributed by atoms with Crippen molar-refractivity contribution < 1.29 is 18.4 Å². The van der Waals surface area contributed by atoms with Crippen LogP contribution in [0.5, 0.6) is 0 Å². The Bertz CT molecular complexity index is 869. The second-order valence-electron chi connectivity index (χ2n) is 6.58. The van der Waals surface area contributed by atoms with E-state index < -0.39 is 23.7 Å². The van der Waals surface area contributed by atoms with Gasteiger partial charge in [0.15, 0.2) is 11.6 Å². The molecular weight excluding hydrogens is 340 g/mol. The van der Waals surface area contributed by atoms with Gasteiger partial charge in [-0.3, -0.25) is 4.79 Å². The zero-order valence-electron chi connectivity index (χ0n) is 13.9. The lowest BCUT2D eigenvalue weighted by molar-refractivity contribution is -0.118. The highest BCUT2D eigenvalue weighted by Crippen LogP contribution is 2.26. The fourth-order valence-corrected chi connectivity index (χ4v) is 3.42. The highest BCUT2D eigenvalue weighted by Gasteiger charge is 2.30. The van der Waals surface area contributed by atoms with Crippen molar-refractivity contribution in [3.05, 3.63) is 64.7 Å². The second kappa shape index (κ2) is 6.40. The maximum atomic E-state index is 13.4. The van der Waals surface area contributed by atoms with Gasteiger partial charge in [-0.25, -0.2) is 13.6 Å². The molecule has 0 saturated carbocycles. The van der Waals surface area contributed by atoms with Crippen LogP contribution >= 0.6 is 0 Å². The van der Waals surface area contributed by atoms with E-state index >= 15 is 0 Å².